The van der Waals surface area contributed by atoms with Gasteiger partial charge in [0.15, 0.2) is 5.78 Å². The van der Waals surface area contributed by atoms with Crippen LogP contribution in [-0.2, 0) is 11.2 Å². The van der Waals surface area contributed by atoms with Gasteiger partial charge in [-0.2, -0.15) is 0 Å². The first-order valence-electron chi connectivity index (χ1n) is 7.48. The van der Waals surface area contributed by atoms with Crippen LogP contribution in [0.15, 0.2) is 55.1 Å². The molecule has 0 saturated heterocycles. The Labute approximate surface area is 140 Å². The minimum absolute atomic E-state index is 0.0515. The number of carbonyl (C=O) groups is 1. The molecule has 1 aliphatic rings. The highest BCUT2D eigenvalue weighted by Crippen LogP contribution is 2.33. The van der Waals surface area contributed by atoms with E-state index in [9.17, 15) is 4.79 Å². The zero-order valence-corrected chi connectivity index (χ0v) is 13.4. The van der Waals surface area contributed by atoms with Crippen molar-refractivity contribution in [2.24, 2.45) is 5.92 Å². The van der Waals surface area contributed by atoms with Crippen LogP contribution in [-0.4, -0.2) is 12.4 Å². The van der Waals surface area contributed by atoms with Crippen LogP contribution in [0.5, 0.6) is 17.2 Å². The van der Waals surface area contributed by atoms with E-state index in [1.807, 2.05) is 30.3 Å². The van der Waals surface area contributed by atoms with Gasteiger partial charge >= 0.3 is 0 Å². The molecule has 0 aromatic heterocycles. The van der Waals surface area contributed by atoms with E-state index < -0.39 is 0 Å². The first-order valence-corrected chi connectivity index (χ1v) is 7.86. The number of rotatable bonds is 5. The van der Waals surface area contributed by atoms with E-state index in [0.29, 0.717) is 18.1 Å². The third-order valence-corrected chi connectivity index (χ3v) is 4.03. The lowest BCUT2D eigenvalue weighted by molar-refractivity contribution is -0.115. The molecule has 0 bridgehead atoms. The van der Waals surface area contributed by atoms with Crippen molar-refractivity contribution in [1.29, 1.82) is 0 Å². The van der Waals surface area contributed by atoms with Gasteiger partial charge in [0.05, 0.1) is 6.61 Å². The van der Waals surface area contributed by atoms with Gasteiger partial charge in [0.25, 0.3) is 0 Å². The Kier molecular flexibility index (Phi) is 4.68. The van der Waals surface area contributed by atoms with Crippen LogP contribution in [0.1, 0.15) is 12.0 Å². The molecule has 1 atom stereocenters. The van der Waals surface area contributed by atoms with Gasteiger partial charge in [0.2, 0.25) is 0 Å². The SMILES string of the molecule is C=CC(=O)CC1COc2ccc(Oc3ccc(Cl)cc3)cc2C1. The largest absolute Gasteiger partial charge is 0.493 e. The summed E-state index contributed by atoms with van der Waals surface area (Å²) < 4.78 is 11.6. The van der Waals surface area contributed by atoms with E-state index in [2.05, 4.69) is 6.58 Å². The molecule has 0 aliphatic carbocycles. The normalized spacial score (nSPS) is 16.1. The second-order valence-electron chi connectivity index (χ2n) is 5.58. The molecular weight excluding hydrogens is 312 g/mol. The van der Waals surface area contributed by atoms with Crippen molar-refractivity contribution in [3.05, 3.63) is 65.7 Å². The van der Waals surface area contributed by atoms with E-state index in [4.69, 9.17) is 21.1 Å². The highest BCUT2D eigenvalue weighted by atomic mass is 35.5. The van der Waals surface area contributed by atoms with Gasteiger partial charge in [0.1, 0.15) is 17.2 Å². The van der Waals surface area contributed by atoms with Crippen molar-refractivity contribution in [2.75, 3.05) is 6.61 Å². The second-order valence-corrected chi connectivity index (χ2v) is 6.02. The molecule has 4 heteroatoms. The van der Waals surface area contributed by atoms with Crippen LogP contribution in [0.25, 0.3) is 0 Å². The number of allylic oxidation sites excluding steroid dienone is 1. The molecule has 0 N–H and O–H groups in total. The Hall–Kier alpha value is -2.26. The standard InChI is InChI=1S/C19H17ClO3/c1-2-16(21)10-13-9-14-11-18(7-8-19(14)22-12-13)23-17-5-3-15(20)4-6-17/h2-8,11,13H,1,9-10,12H2. The first-order chi connectivity index (χ1) is 11.1. The number of ketones is 1. The molecule has 0 spiro atoms. The first kappa shape index (κ1) is 15.6. The van der Waals surface area contributed by atoms with E-state index >= 15 is 0 Å². The lowest BCUT2D eigenvalue weighted by Gasteiger charge is -2.25. The second kappa shape index (κ2) is 6.88. The van der Waals surface area contributed by atoms with E-state index in [1.165, 1.54) is 6.08 Å². The summed E-state index contributed by atoms with van der Waals surface area (Å²) in [6, 6.07) is 13.0. The predicted octanol–water partition coefficient (Wildman–Crippen LogP) is 4.83. The van der Waals surface area contributed by atoms with Gasteiger partial charge in [-0.1, -0.05) is 18.2 Å². The fourth-order valence-electron chi connectivity index (χ4n) is 2.63. The highest BCUT2D eigenvalue weighted by Gasteiger charge is 2.22. The summed E-state index contributed by atoms with van der Waals surface area (Å²) in [7, 11) is 0. The van der Waals surface area contributed by atoms with Gasteiger partial charge in [-0.05, 0) is 60.5 Å². The number of hydrogen-bond donors (Lipinski definition) is 0. The van der Waals surface area contributed by atoms with Gasteiger partial charge < -0.3 is 9.47 Å². The number of hydrogen-bond acceptors (Lipinski definition) is 3. The number of benzene rings is 2. The van der Waals surface area contributed by atoms with Crippen LogP contribution in [0.2, 0.25) is 5.02 Å². The molecule has 0 saturated carbocycles. The van der Waals surface area contributed by atoms with Crippen LogP contribution in [0.3, 0.4) is 0 Å². The minimum Gasteiger partial charge on any atom is -0.493 e. The Morgan fingerprint density at radius 1 is 1.26 bits per heavy atom. The van der Waals surface area contributed by atoms with Crippen molar-refractivity contribution < 1.29 is 14.3 Å². The summed E-state index contributed by atoms with van der Waals surface area (Å²) >= 11 is 5.87. The van der Waals surface area contributed by atoms with E-state index in [1.54, 1.807) is 12.1 Å². The number of fused-ring (bicyclic) bond motifs is 1. The van der Waals surface area contributed by atoms with Crippen LogP contribution >= 0.6 is 11.6 Å². The summed E-state index contributed by atoms with van der Waals surface area (Å²) in [4.78, 5) is 11.5. The summed E-state index contributed by atoms with van der Waals surface area (Å²) in [5.41, 5.74) is 1.06. The van der Waals surface area contributed by atoms with Gasteiger partial charge in [-0.15, -0.1) is 0 Å². The lowest BCUT2D eigenvalue weighted by Crippen LogP contribution is -2.23. The summed E-state index contributed by atoms with van der Waals surface area (Å²) in [5.74, 6) is 2.56. The van der Waals surface area contributed by atoms with Crippen molar-refractivity contribution in [1.82, 2.24) is 0 Å². The Balaban J connectivity index is 1.73. The molecule has 1 aliphatic heterocycles. The Morgan fingerprint density at radius 2 is 2.00 bits per heavy atom. The monoisotopic (exact) mass is 328 g/mol. The van der Waals surface area contributed by atoms with Crippen molar-refractivity contribution in [3.63, 3.8) is 0 Å². The predicted molar refractivity (Wildman–Crippen MR) is 90.5 cm³/mol. The molecule has 3 rings (SSSR count). The van der Waals surface area contributed by atoms with Crippen LogP contribution < -0.4 is 9.47 Å². The van der Waals surface area contributed by atoms with Gasteiger partial charge in [0, 0.05) is 17.4 Å². The molecule has 2 aromatic carbocycles. The molecular formula is C19H17ClO3. The molecule has 0 amide bonds. The third-order valence-electron chi connectivity index (χ3n) is 3.78. The number of ether oxygens (including phenoxy) is 2. The van der Waals surface area contributed by atoms with Crippen molar-refractivity contribution in [3.8, 4) is 17.2 Å². The van der Waals surface area contributed by atoms with Gasteiger partial charge in [-0.25, -0.2) is 0 Å². The molecule has 23 heavy (non-hydrogen) atoms. The Bertz CT molecular complexity index is 722. The van der Waals surface area contributed by atoms with Crippen LogP contribution in [0, 0.1) is 5.92 Å². The molecule has 0 radical (unpaired) electrons. The van der Waals surface area contributed by atoms with E-state index in [0.717, 1.165) is 29.2 Å². The smallest absolute Gasteiger partial charge is 0.155 e. The molecule has 2 aromatic rings. The molecule has 118 valence electrons. The highest BCUT2D eigenvalue weighted by molar-refractivity contribution is 6.30. The average Bonchev–Trinajstić information content (AvgIpc) is 2.56. The van der Waals surface area contributed by atoms with E-state index in [-0.39, 0.29) is 11.7 Å². The minimum atomic E-state index is 0.0515. The summed E-state index contributed by atoms with van der Waals surface area (Å²) in [6.07, 6.45) is 2.63. The average molecular weight is 329 g/mol. The van der Waals surface area contributed by atoms with Crippen molar-refractivity contribution >= 4 is 17.4 Å². The molecule has 0 fully saturated rings. The fraction of sp³-hybridized carbons (Fsp3) is 0.211. The topological polar surface area (TPSA) is 35.5 Å². The van der Waals surface area contributed by atoms with Crippen molar-refractivity contribution in [2.45, 2.75) is 12.8 Å². The maximum absolute atomic E-state index is 11.5. The zero-order valence-electron chi connectivity index (χ0n) is 12.6. The number of carbonyl (C=O) groups excluding carboxylic acids is 1. The fourth-order valence-corrected chi connectivity index (χ4v) is 2.76. The Morgan fingerprint density at radius 3 is 2.74 bits per heavy atom. The molecule has 3 nitrogen and oxygen atoms in total. The van der Waals surface area contributed by atoms with Crippen LogP contribution in [0.4, 0.5) is 0 Å². The molecule has 1 heterocycles. The molecule has 1 unspecified atom stereocenters. The summed E-state index contributed by atoms with van der Waals surface area (Å²) in [5, 5.41) is 0.672. The zero-order chi connectivity index (χ0) is 16.2. The maximum atomic E-state index is 11.5. The third kappa shape index (κ3) is 3.93. The number of halogens is 1. The maximum Gasteiger partial charge on any atom is 0.155 e. The lowest BCUT2D eigenvalue weighted by atomic mass is 9.92. The quantitative estimate of drug-likeness (QED) is 0.737. The van der Waals surface area contributed by atoms with Gasteiger partial charge in [-0.3, -0.25) is 4.79 Å². The summed E-state index contributed by atoms with van der Waals surface area (Å²) in [6.45, 7) is 4.08.